The van der Waals surface area contributed by atoms with Gasteiger partial charge in [0.05, 0.1) is 39.6 Å². The highest BCUT2D eigenvalue weighted by Gasteiger charge is 2.36. The van der Waals surface area contributed by atoms with E-state index in [1.165, 1.54) is 11.1 Å². The van der Waals surface area contributed by atoms with Crippen LogP contribution in [0.1, 0.15) is 34.7 Å². The number of hydrogen-bond donors (Lipinski definition) is 0. The molecular weight excluding hydrogens is 454 g/mol. The second kappa shape index (κ2) is 10.4. The molecule has 3 aromatic carbocycles. The minimum atomic E-state index is -0.271. The number of benzene rings is 3. The van der Waals surface area contributed by atoms with Gasteiger partial charge in [0.2, 0.25) is 0 Å². The summed E-state index contributed by atoms with van der Waals surface area (Å²) in [6.07, 6.45) is 1.53. The summed E-state index contributed by atoms with van der Waals surface area (Å²) >= 11 is 0. The second-order valence-electron chi connectivity index (χ2n) is 9.07. The first-order valence-corrected chi connectivity index (χ1v) is 12.1. The molecule has 5 rings (SSSR count). The Bertz CT molecular complexity index is 1270. The van der Waals surface area contributed by atoms with Gasteiger partial charge in [-0.2, -0.15) is 5.10 Å². The van der Waals surface area contributed by atoms with Crippen LogP contribution in [0.4, 0.5) is 0 Å². The Kier molecular flexibility index (Phi) is 6.91. The zero-order chi connectivity index (χ0) is 25.1. The van der Waals surface area contributed by atoms with Gasteiger partial charge in [-0.15, -0.1) is 0 Å². The first-order chi connectivity index (χ1) is 17.6. The van der Waals surface area contributed by atoms with E-state index in [1.54, 1.807) is 26.3 Å². The Balaban J connectivity index is 1.43. The van der Waals surface area contributed by atoms with Crippen molar-refractivity contribution < 1.29 is 19.0 Å². The van der Waals surface area contributed by atoms with Crippen molar-refractivity contribution in [1.29, 1.82) is 0 Å². The molecule has 0 spiro atoms. The highest BCUT2D eigenvalue weighted by atomic mass is 16.5. The largest absolute Gasteiger partial charge is 0.497 e. The van der Waals surface area contributed by atoms with E-state index in [-0.39, 0.29) is 11.9 Å². The lowest BCUT2D eigenvalue weighted by Crippen LogP contribution is -2.40. The van der Waals surface area contributed by atoms with Crippen molar-refractivity contribution in [2.24, 2.45) is 5.10 Å². The molecule has 0 N–H and O–H groups in total. The zero-order valence-corrected chi connectivity index (χ0v) is 20.9. The average Bonchev–Trinajstić information content (AvgIpc) is 3.38. The number of amides is 1. The summed E-state index contributed by atoms with van der Waals surface area (Å²) in [5, 5.41) is 6.49. The Morgan fingerprint density at radius 3 is 2.36 bits per heavy atom. The van der Waals surface area contributed by atoms with E-state index < -0.39 is 0 Å². The van der Waals surface area contributed by atoms with Crippen LogP contribution in [0.25, 0.3) is 0 Å². The lowest BCUT2D eigenvalue weighted by molar-refractivity contribution is -0.134. The third-order valence-electron chi connectivity index (χ3n) is 6.96. The van der Waals surface area contributed by atoms with Crippen molar-refractivity contribution in [3.63, 3.8) is 0 Å². The molecule has 0 unspecified atom stereocenters. The Morgan fingerprint density at radius 2 is 1.64 bits per heavy atom. The number of rotatable bonds is 7. The monoisotopic (exact) mass is 485 g/mol. The smallest absolute Gasteiger partial charge is 0.257 e. The molecule has 36 heavy (non-hydrogen) atoms. The van der Waals surface area contributed by atoms with Crippen molar-refractivity contribution in [2.75, 3.05) is 34.4 Å². The van der Waals surface area contributed by atoms with Gasteiger partial charge in [0, 0.05) is 31.1 Å². The fourth-order valence-corrected chi connectivity index (χ4v) is 4.99. The third kappa shape index (κ3) is 4.79. The van der Waals surface area contributed by atoms with Gasteiger partial charge in [-0.3, -0.25) is 9.69 Å². The third-order valence-corrected chi connectivity index (χ3v) is 6.96. The number of ether oxygens (including phenoxy) is 3. The fourth-order valence-electron chi connectivity index (χ4n) is 4.99. The standard InChI is InChI=1S/C29H31N3O4/c1-34-23-10-8-21(9-11-23)26-17-27(25-13-12-24(35-2)16-28(25)36-3)32(30-26)29(33)19-31-15-14-20-6-4-5-7-22(20)18-31/h4-13,16,27H,14-15,17-19H2,1-3H3/t27-/m1/s1. The van der Waals surface area contributed by atoms with Crippen molar-refractivity contribution in [1.82, 2.24) is 9.91 Å². The van der Waals surface area contributed by atoms with E-state index in [2.05, 4.69) is 29.2 Å². The van der Waals surface area contributed by atoms with E-state index in [4.69, 9.17) is 19.3 Å². The number of nitrogens with zero attached hydrogens (tertiary/aromatic N) is 3. The summed E-state index contributed by atoms with van der Waals surface area (Å²) in [5.41, 5.74) is 5.38. The van der Waals surface area contributed by atoms with Crippen LogP contribution in [-0.4, -0.2) is 55.9 Å². The highest BCUT2D eigenvalue weighted by Crippen LogP contribution is 2.39. The number of hydrogen-bond acceptors (Lipinski definition) is 6. The fraction of sp³-hybridized carbons (Fsp3) is 0.310. The minimum Gasteiger partial charge on any atom is -0.497 e. The van der Waals surface area contributed by atoms with Gasteiger partial charge in [-0.1, -0.05) is 24.3 Å². The second-order valence-corrected chi connectivity index (χ2v) is 9.07. The van der Waals surface area contributed by atoms with Crippen LogP contribution in [0, 0.1) is 0 Å². The van der Waals surface area contributed by atoms with Gasteiger partial charge in [-0.05, 0) is 59.5 Å². The van der Waals surface area contributed by atoms with Gasteiger partial charge in [0.25, 0.3) is 5.91 Å². The van der Waals surface area contributed by atoms with Gasteiger partial charge >= 0.3 is 0 Å². The molecule has 2 aliphatic rings. The molecule has 2 aliphatic heterocycles. The van der Waals surface area contributed by atoms with Gasteiger partial charge < -0.3 is 14.2 Å². The lowest BCUT2D eigenvalue weighted by atomic mass is 9.97. The first kappa shape index (κ1) is 23.9. The van der Waals surface area contributed by atoms with Crippen LogP contribution >= 0.6 is 0 Å². The lowest BCUT2D eigenvalue weighted by Gasteiger charge is -2.30. The van der Waals surface area contributed by atoms with E-state index >= 15 is 0 Å². The van der Waals surface area contributed by atoms with E-state index in [0.29, 0.717) is 24.5 Å². The summed E-state index contributed by atoms with van der Waals surface area (Å²) < 4.78 is 16.4. The normalized spacial score (nSPS) is 17.4. The molecular formula is C29H31N3O4. The van der Waals surface area contributed by atoms with Crippen molar-refractivity contribution in [2.45, 2.75) is 25.4 Å². The van der Waals surface area contributed by atoms with Crippen LogP contribution in [0.15, 0.2) is 71.8 Å². The van der Waals surface area contributed by atoms with Gasteiger partial charge in [-0.25, -0.2) is 5.01 Å². The molecule has 1 atom stereocenters. The maximum absolute atomic E-state index is 13.7. The molecule has 0 radical (unpaired) electrons. The van der Waals surface area contributed by atoms with E-state index in [1.807, 2.05) is 42.5 Å². The van der Waals surface area contributed by atoms with Crippen LogP contribution < -0.4 is 14.2 Å². The molecule has 7 nitrogen and oxygen atoms in total. The molecule has 0 saturated heterocycles. The predicted octanol–water partition coefficient (Wildman–Crippen LogP) is 4.45. The Hall–Kier alpha value is -3.84. The molecule has 1 amide bonds. The average molecular weight is 486 g/mol. The molecule has 0 saturated carbocycles. The Morgan fingerprint density at radius 1 is 0.917 bits per heavy atom. The maximum Gasteiger partial charge on any atom is 0.257 e. The number of carbonyl (C=O) groups excluding carboxylic acids is 1. The van der Waals surface area contributed by atoms with E-state index in [0.717, 1.165) is 42.1 Å². The van der Waals surface area contributed by atoms with Crippen LogP contribution in [0.2, 0.25) is 0 Å². The van der Waals surface area contributed by atoms with Crippen LogP contribution in [0.5, 0.6) is 17.2 Å². The maximum atomic E-state index is 13.7. The topological polar surface area (TPSA) is 63.6 Å². The highest BCUT2D eigenvalue weighted by molar-refractivity contribution is 6.03. The summed E-state index contributed by atoms with van der Waals surface area (Å²) in [5.74, 6) is 2.13. The SMILES string of the molecule is COc1ccc(C2=NN(C(=O)CN3CCc4ccccc4C3)[C@@H](c3ccc(OC)cc3OC)C2)cc1. The molecule has 3 aromatic rings. The number of hydrazone groups is 1. The molecule has 0 bridgehead atoms. The Labute approximate surface area is 211 Å². The predicted molar refractivity (Wildman–Crippen MR) is 139 cm³/mol. The van der Waals surface area contributed by atoms with Crippen LogP contribution in [-0.2, 0) is 17.8 Å². The molecule has 7 heteroatoms. The first-order valence-electron chi connectivity index (χ1n) is 12.1. The number of fused-ring (bicyclic) bond motifs is 1. The van der Waals surface area contributed by atoms with E-state index in [9.17, 15) is 4.79 Å². The zero-order valence-electron chi connectivity index (χ0n) is 20.9. The minimum absolute atomic E-state index is 0.0271. The molecule has 2 heterocycles. The van der Waals surface area contributed by atoms with Crippen molar-refractivity contribution in [3.8, 4) is 17.2 Å². The molecule has 186 valence electrons. The quantitative estimate of drug-likeness (QED) is 0.495. The molecule has 0 aliphatic carbocycles. The van der Waals surface area contributed by atoms with Crippen molar-refractivity contribution in [3.05, 3.63) is 89.0 Å². The summed E-state index contributed by atoms with van der Waals surface area (Å²) in [7, 11) is 4.91. The van der Waals surface area contributed by atoms with Gasteiger partial charge in [0.1, 0.15) is 17.2 Å². The van der Waals surface area contributed by atoms with Gasteiger partial charge in [0.15, 0.2) is 0 Å². The molecule has 0 aromatic heterocycles. The van der Waals surface area contributed by atoms with Crippen LogP contribution in [0.3, 0.4) is 0 Å². The van der Waals surface area contributed by atoms with Crippen molar-refractivity contribution >= 4 is 11.6 Å². The summed E-state index contributed by atoms with van der Waals surface area (Å²) in [6.45, 7) is 1.92. The molecule has 0 fully saturated rings. The number of methoxy groups -OCH3 is 3. The number of carbonyl (C=O) groups is 1. The summed E-state index contributed by atoms with van der Waals surface area (Å²) in [6, 6.07) is 21.7. The summed E-state index contributed by atoms with van der Waals surface area (Å²) in [4.78, 5) is 15.9.